The molecule has 5 heteroatoms. The van der Waals surface area contributed by atoms with Gasteiger partial charge in [0.25, 0.3) is 0 Å². The van der Waals surface area contributed by atoms with Crippen LogP contribution in [0.15, 0.2) is 126 Å². The first kappa shape index (κ1) is 24.7. The minimum atomic E-state index is -0.0250. The average molecular weight is 618 g/mol. The van der Waals surface area contributed by atoms with Crippen molar-refractivity contribution in [3.05, 3.63) is 143 Å². The Morgan fingerprint density at radius 2 is 1.23 bits per heavy atom. The molecule has 43 heavy (non-hydrogen) atoms. The molecular formula is C38H25BrN4. The normalized spacial score (nSPS) is 14.7. The van der Waals surface area contributed by atoms with Gasteiger partial charge in [-0.3, -0.25) is 0 Å². The molecule has 9 rings (SSSR count). The van der Waals surface area contributed by atoms with Gasteiger partial charge in [-0.05, 0) is 41.7 Å². The molecule has 4 aromatic carbocycles. The van der Waals surface area contributed by atoms with Crippen LogP contribution < -0.4 is 0 Å². The summed E-state index contributed by atoms with van der Waals surface area (Å²) in [5, 5.41) is 2.52. The summed E-state index contributed by atoms with van der Waals surface area (Å²) in [6, 6.07) is 42.7. The molecule has 0 amide bonds. The molecule has 0 N–H and O–H groups in total. The molecule has 1 aliphatic carbocycles. The molecular weight excluding hydrogens is 592 g/mol. The van der Waals surface area contributed by atoms with Crippen LogP contribution in [-0.4, -0.2) is 19.4 Å². The standard InChI is InChI=1S/C38H25BrN4/c39-26-21-31-28-17-9-10-18-29(28)35-34-30(20-19-23-11-7-8-16-27(23)33(34)32(22-26)43(31)35)38-41-36(24-12-3-1-4-13-24)40-37(42-38)25-14-5-2-6-15-25/h1-18,21-22,30H,19-20H2. The van der Waals surface area contributed by atoms with Gasteiger partial charge in [0.15, 0.2) is 11.6 Å². The van der Waals surface area contributed by atoms with E-state index in [0.29, 0.717) is 11.6 Å². The number of hydrogen-bond acceptors (Lipinski definition) is 3. The number of aryl methyl sites for hydroxylation is 1. The van der Waals surface area contributed by atoms with E-state index < -0.39 is 0 Å². The van der Waals surface area contributed by atoms with Crippen LogP contribution in [0.5, 0.6) is 0 Å². The summed E-state index contributed by atoms with van der Waals surface area (Å²) in [6.45, 7) is 0. The van der Waals surface area contributed by atoms with Crippen LogP contribution in [0.3, 0.4) is 0 Å². The molecule has 204 valence electrons. The third-order valence-electron chi connectivity index (χ3n) is 8.86. The quantitative estimate of drug-likeness (QED) is 0.198. The van der Waals surface area contributed by atoms with Crippen molar-refractivity contribution in [2.45, 2.75) is 18.8 Å². The second-order valence-corrected chi connectivity index (χ2v) is 12.2. The number of pyridine rings is 1. The number of hydrogen-bond donors (Lipinski definition) is 0. The highest BCUT2D eigenvalue weighted by Crippen LogP contribution is 2.50. The fraction of sp³-hybridized carbons (Fsp3) is 0.0789. The molecule has 1 unspecified atom stereocenters. The van der Waals surface area contributed by atoms with Crippen molar-refractivity contribution in [2.75, 3.05) is 0 Å². The first-order valence-electron chi connectivity index (χ1n) is 14.7. The lowest BCUT2D eigenvalue weighted by Gasteiger charge is -2.17. The second kappa shape index (κ2) is 9.58. The summed E-state index contributed by atoms with van der Waals surface area (Å²) >= 11 is 3.86. The van der Waals surface area contributed by atoms with Crippen LogP contribution in [0.25, 0.3) is 61.2 Å². The monoisotopic (exact) mass is 616 g/mol. The summed E-state index contributed by atoms with van der Waals surface area (Å²) in [5.74, 6) is 2.20. The molecule has 0 saturated carbocycles. The van der Waals surface area contributed by atoms with Crippen LogP contribution in [-0.2, 0) is 6.42 Å². The number of aromatic nitrogens is 4. The Morgan fingerprint density at radius 3 is 1.95 bits per heavy atom. The molecule has 4 nitrogen and oxygen atoms in total. The van der Waals surface area contributed by atoms with Gasteiger partial charge in [0, 0.05) is 37.9 Å². The fourth-order valence-corrected chi connectivity index (χ4v) is 7.46. The topological polar surface area (TPSA) is 43.1 Å². The van der Waals surface area contributed by atoms with E-state index in [2.05, 4.69) is 105 Å². The van der Waals surface area contributed by atoms with Gasteiger partial charge >= 0.3 is 0 Å². The zero-order valence-electron chi connectivity index (χ0n) is 23.2. The largest absolute Gasteiger partial charge is 0.308 e. The number of halogens is 1. The number of rotatable bonds is 3. The van der Waals surface area contributed by atoms with Crippen LogP contribution in [0.2, 0.25) is 0 Å². The van der Waals surface area contributed by atoms with Gasteiger partial charge in [-0.1, -0.05) is 125 Å². The van der Waals surface area contributed by atoms with Gasteiger partial charge in [0.05, 0.1) is 16.6 Å². The number of benzene rings is 4. The van der Waals surface area contributed by atoms with E-state index in [4.69, 9.17) is 15.0 Å². The average Bonchev–Trinajstić information content (AvgIpc) is 3.50. The first-order valence-corrected chi connectivity index (χ1v) is 15.5. The highest BCUT2D eigenvalue weighted by Gasteiger charge is 2.34. The van der Waals surface area contributed by atoms with Crippen molar-refractivity contribution in [1.82, 2.24) is 19.4 Å². The maximum Gasteiger partial charge on any atom is 0.163 e. The lowest BCUT2D eigenvalue weighted by atomic mass is 9.90. The van der Waals surface area contributed by atoms with Crippen LogP contribution in [0.1, 0.15) is 29.3 Å². The van der Waals surface area contributed by atoms with Crippen molar-refractivity contribution in [3.8, 4) is 33.9 Å². The SMILES string of the molecule is Brc1cc2c3c(c4c5ccccc5c(c1)n24)C(c1nc(-c2ccccc2)nc(-c2ccccc2)n1)CCc1ccccc1-3. The minimum absolute atomic E-state index is 0.0250. The van der Waals surface area contributed by atoms with Crippen LogP contribution >= 0.6 is 15.9 Å². The highest BCUT2D eigenvalue weighted by molar-refractivity contribution is 9.10. The lowest BCUT2D eigenvalue weighted by molar-refractivity contribution is 0.680. The van der Waals surface area contributed by atoms with Crippen LogP contribution in [0.4, 0.5) is 0 Å². The summed E-state index contributed by atoms with van der Waals surface area (Å²) in [4.78, 5) is 15.5. The van der Waals surface area contributed by atoms with E-state index in [1.165, 1.54) is 49.6 Å². The lowest BCUT2D eigenvalue weighted by Crippen LogP contribution is -2.10. The number of fused-ring (bicyclic) bond motifs is 8. The Morgan fingerprint density at radius 1 is 0.628 bits per heavy atom. The summed E-state index contributed by atoms with van der Waals surface area (Å²) < 4.78 is 3.54. The Labute approximate surface area is 257 Å². The minimum Gasteiger partial charge on any atom is -0.308 e. The van der Waals surface area contributed by atoms with Gasteiger partial charge in [-0.25, -0.2) is 15.0 Å². The van der Waals surface area contributed by atoms with E-state index in [9.17, 15) is 0 Å². The predicted octanol–water partition coefficient (Wildman–Crippen LogP) is 9.71. The third kappa shape index (κ3) is 3.78. The second-order valence-electron chi connectivity index (χ2n) is 11.3. The number of nitrogens with zero attached hydrogens (tertiary/aromatic N) is 4. The molecule has 1 atom stereocenters. The van der Waals surface area contributed by atoms with Gasteiger partial charge in [0.1, 0.15) is 5.82 Å². The molecule has 4 aromatic heterocycles. The molecule has 0 aliphatic heterocycles. The van der Waals surface area contributed by atoms with Crippen molar-refractivity contribution in [1.29, 1.82) is 0 Å². The van der Waals surface area contributed by atoms with E-state index >= 15 is 0 Å². The first-order chi connectivity index (χ1) is 21.2. The molecule has 0 radical (unpaired) electrons. The molecule has 4 heterocycles. The zero-order chi connectivity index (χ0) is 28.5. The fourth-order valence-electron chi connectivity index (χ4n) is 7.03. The third-order valence-corrected chi connectivity index (χ3v) is 9.32. The van der Waals surface area contributed by atoms with Crippen molar-refractivity contribution in [2.24, 2.45) is 0 Å². The molecule has 0 spiro atoms. The summed E-state index contributed by atoms with van der Waals surface area (Å²) in [7, 11) is 0. The van der Waals surface area contributed by atoms with Crippen molar-refractivity contribution >= 4 is 43.3 Å². The zero-order valence-corrected chi connectivity index (χ0v) is 24.8. The van der Waals surface area contributed by atoms with E-state index in [1.807, 2.05) is 36.4 Å². The van der Waals surface area contributed by atoms with Crippen LogP contribution in [0, 0.1) is 0 Å². The summed E-state index contributed by atoms with van der Waals surface area (Å²) in [5.41, 5.74) is 10.9. The van der Waals surface area contributed by atoms with Gasteiger partial charge in [0.2, 0.25) is 0 Å². The molecule has 0 fully saturated rings. The predicted molar refractivity (Wildman–Crippen MR) is 178 cm³/mol. The van der Waals surface area contributed by atoms with E-state index in [1.54, 1.807) is 0 Å². The van der Waals surface area contributed by atoms with E-state index in [-0.39, 0.29) is 5.92 Å². The Kier molecular flexibility index (Phi) is 5.50. The maximum absolute atomic E-state index is 5.25. The highest BCUT2D eigenvalue weighted by atomic mass is 79.9. The Hall–Kier alpha value is -4.87. The van der Waals surface area contributed by atoms with Gasteiger partial charge in [-0.2, -0.15) is 0 Å². The van der Waals surface area contributed by atoms with Gasteiger partial charge < -0.3 is 4.40 Å². The summed E-state index contributed by atoms with van der Waals surface area (Å²) in [6.07, 6.45) is 1.84. The van der Waals surface area contributed by atoms with Crippen molar-refractivity contribution in [3.63, 3.8) is 0 Å². The molecule has 8 aromatic rings. The van der Waals surface area contributed by atoms with Gasteiger partial charge in [-0.15, -0.1) is 0 Å². The Bertz CT molecular complexity index is 2250. The molecule has 0 bridgehead atoms. The maximum atomic E-state index is 5.25. The molecule has 0 saturated heterocycles. The van der Waals surface area contributed by atoms with E-state index in [0.717, 1.165) is 34.3 Å². The Balaban J connectivity index is 1.40. The molecule has 1 aliphatic rings. The smallest absolute Gasteiger partial charge is 0.163 e. The van der Waals surface area contributed by atoms with Crippen molar-refractivity contribution < 1.29 is 0 Å².